The summed E-state index contributed by atoms with van der Waals surface area (Å²) in [4.78, 5) is 28.9. The van der Waals surface area contributed by atoms with Gasteiger partial charge in [-0.25, -0.2) is 4.98 Å². The zero-order valence-corrected chi connectivity index (χ0v) is 13.7. The molecule has 0 unspecified atom stereocenters. The molecule has 128 valence electrons. The SMILES string of the molecule is CN(Cc1cccnc1)C(=O)c1cc(-c2ccnc3[nH]ccc23)c[nH]1.[HH].[HH]. The van der Waals surface area contributed by atoms with E-state index < -0.39 is 0 Å². The van der Waals surface area contributed by atoms with E-state index in [1.165, 1.54) is 0 Å². The highest BCUT2D eigenvalue weighted by molar-refractivity contribution is 5.97. The molecule has 4 heterocycles. The van der Waals surface area contributed by atoms with Gasteiger partial charge in [-0.05, 0) is 35.4 Å². The molecule has 0 fully saturated rings. The van der Waals surface area contributed by atoms with Gasteiger partial charge in [-0.2, -0.15) is 0 Å². The number of hydrogen-bond acceptors (Lipinski definition) is 3. The second kappa shape index (κ2) is 6.24. The monoisotopic (exact) mass is 335 g/mol. The molecule has 0 spiro atoms. The van der Waals surface area contributed by atoms with E-state index in [0.29, 0.717) is 12.2 Å². The molecule has 1 amide bonds. The summed E-state index contributed by atoms with van der Waals surface area (Å²) in [6.07, 6.45) is 8.97. The highest BCUT2D eigenvalue weighted by Gasteiger charge is 2.16. The minimum atomic E-state index is -0.0607. The van der Waals surface area contributed by atoms with Gasteiger partial charge in [0.25, 0.3) is 5.91 Å². The molecule has 6 nitrogen and oxygen atoms in total. The number of nitrogens with zero attached hydrogens (tertiary/aromatic N) is 3. The van der Waals surface area contributed by atoms with Crippen LogP contribution in [-0.2, 0) is 6.54 Å². The van der Waals surface area contributed by atoms with Crippen LogP contribution < -0.4 is 0 Å². The summed E-state index contributed by atoms with van der Waals surface area (Å²) in [6, 6.07) is 9.64. The fourth-order valence-electron chi connectivity index (χ4n) is 2.93. The molecule has 0 aromatic carbocycles. The van der Waals surface area contributed by atoms with Crippen molar-refractivity contribution in [3.8, 4) is 11.1 Å². The van der Waals surface area contributed by atoms with Gasteiger partial charge in [0.15, 0.2) is 0 Å². The van der Waals surface area contributed by atoms with Crippen LogP contribution in [0.1, 0.15) is 18.9 Å². The molecule has 0 aliphatic carbocycles. The Morgan fingerprint density at radius 2 is 2.16 bits per heavy atom. The van der Waals surface area contributed by atoms with Crippen LogP contribution in [0.3, 0.4) is 0 Å². The van der Waals surface area contributed by atoms with Crippen LogP contribution in [0, 0.1) is 0 Å². The molecule has 0 radical (unpaired) electrons. The second-order valence-electron chi connectivity index (χ2n) is 5.92. The van der Waals surface area contributed by atoms with Crippen molar-refractivity contribution in [3.05, 3.63) is 72.6 Å². The normalized spacial score (nSPS) is 10.9. The molecule has 4 rings (SSSR count). The fraction of sp³-hybridized carbons (Fsp3) is 0.105. The molecule has 0 aliphatic heterocycles. The quantitative estimate of drug-likeness (QED) is 0.597. The lowest BCUT2D eigenvalue weighted by Gasteiger charge is -2.16. The van der Waals surface area contributed by atoms with Crippen LogP contribution in [0.15, 0.2) is 61.3 Å². The van der Waals surface area contributed by atoms with Gasteiger partial charge >= 0.3 is 0 Å². The minimum Gasteiger partial charge on any atom is -0.357 e. The number of nitrogens with one attached hydrogen (secondary N) is 2. The summed E-state index contributed by atoms with van der Waals surface area (Å²) in [6.45, 7) is 0.512. The summed E-state index contributed by atoms with van der Waals surface area (Å²) in [5, 5.41) is 1.03. The Hall–Kier alpha value is -3.41. The Morgan fingerprint density at radius 3 is 3.00 bits per heavy atom. The van der Waals surface area contributed by atoms with Crippen LogP contribution in [-0.4, -0.2) is 37.8 Å². The van der Waals surface area contributed by atoms with Crippen LogP contribution in [0.2, 0.25) is 0 Å². The molecule has 4 aromatic heterocycles. The lowest BCUT2D eigenvalue weighted by atomic mass is 10.1. The summed E-state index contributed by atoms with van der Waals surface area (Å²) >= 11 is 0. The number of amides is 1. The van der Waals surface area contributed by atoms with E-state index in [-0.39, 0.29) is 8.76 Å². The summed E-state index contributed by atoms with van der Waals surface area (Å²) < 4.78 is 0. The molecule has 0 aliphatic rings. The zero-order valence-electron chi connectivity index (χ0n) is 13.7. The number of H-pyrrole nitrogens is 2. The van der Waals surface area contributed by atoms with Gasteiger partial charge < -0.3 is 14.9 Å². The first-order valence-electron chi connectivity index (χ1n) is 7.97. The first kappa shape index (κ1) is 15.1. The first-order chi connectivity index (χ1) is 12.2. The van der Waals surface area contributed by atoms with Crippen molar-refractivity contribution in [1.82, 2.24) is 24.8 Å². The van der Waals surface area contributed by atoms with E-state index in [4.69, 9.17) is 0 Å². The third kappa shape index (κ3) is 2.89. The van der Waals surface area contributed by atoms with Gasteiger partial charge in [-0.1, -0.05) is 6.07 Å². The smallest absolute Gasteiger partial charge is 0.270 e. The molecular formula is C19H21N5O. The first-order valence-corrected chi connectivity index (χ1v) is 7.97. The number of carbonyl (C=O) groups excluding carboxylic acids is 1. The number of aromatic amines is 2. The lowest BCUT2D eigenvalue weighted by Crippen LogP contribution is -2.26. The maximum atomic E-state index is 12.7. The van der Waals surface area contributed by atoms with Crippen LogP contribution in [0.25, 0.3) is 22.2 Å². The van der Waals surface area contributed by atoms with Crippen LogP contribution in [0.5, 0.6) is 0 Å². The molecule has 2 N–H and O–H groups in total. The maximum absolute atomic E-state index is 12.7. The number of aromatic nitrogens is 4. The fourth-order valence-corrected chi connectivity index (χ4v) is 2.93. The molecule has 6 heteroatoms. The third-order valence-corrected chi connectivity index (χ3v) is 4.17. The summed E-state index contributed by atoms with van der Waals surface area (Å²) in [7, 11) is 1.78. The van der Waals surface area contributed by atoms with E-state index >= 15 is 0 Å². The van der Waals surface area contributed by atoms with Crippen molar-refractivity contribution in [2.24, 2.45) is 0 Å². The average Bonchev–Trinajstić information content (AvgIpc) is 3.31. The second-order valence-corrected chi connectivity index (χ2v) is 5.92. The molecule has 0 saturated heterocycles. The Bertz CT molecular complexity index is 1030. The van der Waals surface area contributed by atoms with E-state index in [1.807, 2.05) is 42.7 Å². The predicted molar refractivity (Wildman–Crippen MR) is 100 cm³/mol. The zero-order chi connectivity index (χ0) is 17.2. The molecule has 0 saturated carbocycles. The molecule has 0 atom stereocenters. The van der Waals surface area contributed by atoms with Crippen LogP contribution >= 0.6 is 0 Å². The predicted octanol–water partition coefficient (Wildman–Crippen LogP) is 3.72. The lowest BCUT2D eigenvalue weighted by molar-refractivity contribution is 0.0780. The van der Waals surface area contributed by atoms with E-state index in [0.717, 1.165) is 27.7 Å². The van der Waals surface area contributed by atoms with Crippen LogP contribution in [0.4, 0.5) is 0 Å². The molecule has 25 heavy (non-hydrogen) atoms. The Balaban J connectivity index is 0.00000131. The number of pyridine rings is 2. The average molecular weight is 335 g/mol. The van der Waals surface area contributed by atoms with Gasteiger partial charge in [0, 0.05) is 58.4 Å². The minimum absolute atomic E-state index is 0. The topological polar surface area (TPSA) is 77.7 Å². The van der Waals surface area contributed by atoms with Crippen molar-refractivity contribution >= 4 is 16.9 Å². The maximum Gasteiger partial charge on any atom is 0.270 e. The van der Waals surface area contributed by atoms with Crippen molar-refractivity contribution in [1.29, 1.82) is 0 Å². The Labute approximate surface area is 147 Å². The number of carbonyl (C=O) groups is 1. The van der Waals surface area contributed by atoms with Gasteiger partial charge in [0.1, 0.15) is 11.3 Å². The number of fused-ring (bicyclic) bond motifs is 1. The Kier molecular flexibility index (Phi) is 3.78. The summed E-state index contributed by atoms with van der Waals surface area (Å²) in [5.74, 6) is -0.0607. The number of rotatable bonds is 4. The van der Waals surface area contributed by atoms with Gasteiger partial charge in [-0.15, -0.1) is 0 Å². The van der Waals surface area contributed by atoms with Crippen molar-refractivity contribution in [2.45, 2.75) is 6.54 Å². The van der Waals surface area contributed by atoms with E-state index in [9.17, 15) is 4.79 Å². The number of hydrogen-bond donors (Lipinski definition) is 2. The van der Waals surface area contributed by atoms with E-state index in [2.05, 4.69) is 19.9 Å². The van der Waals surface area contributed by atoms with Gasteiger partial charge in [0.2, 0.25) is 0 Å². The highest BCUT2D eigenvalue weighted by Crippen LogP contribution is 2.27. The molecule has 4 aromatic rings. The third-order valence-electron chi connectivity index (χ3n) is 4.17. The Morgan fingerprint density at radius 1 is 1.24 bits per heavy atom. The van der Waals surface area contributed by atoms with Crippen molar-refractivity contribution in [3.63, 3.8) is 0 Å². The standard InChI is InChI=1S/C19H17N5O.2H2/c1-24(12-13-3-2-6-20-10-13)19(25)17-9-14(11-23-17)15-4-7-21-18-16(15)5-8-22-18;;/h2-11,23H,12H2,1H3,(H,21,22);2*1H. The van der Waals surface area contributed by atoms with Gasteiger partial charge in [0.05, 0.1) is 0 Å². The van der Waals surface area contributed by atoms with E-state index in [1.54, 1.807) is 30.5 Å². The highest BCUT2D eigenvalue weighted by atomic mass is 16.2. The van der Waals surface area contributed by atoms with Gasteiger partial charge in [-0.3, -0.25) is 9.78 Å². The molecular weight excluding hydrogens is 314 g/mol. The summed E-state index contributed by atoms with van der Waals surface area (Å²) in [5.41, 5.74) is 4.39. The van der Waals surface area contributed by atoms with Crippen molar-refractivity contribution < 1.29 is 7.65 Å². The largest absolute Gasteiger partial charge is 0.357 e. The van der Waals surface area contributed by atoms with Crippen molar-refractivity contribution in [2.75, 3.05) is 7.05 Å². The molecule has 0 bridgehead atoms.